The van der Waals surface area contributed by atoms with Crippen LogP contribution in [-0.4, -0.2) is 49.7 Å². The lowest BCUT2D eigenvalue weighted by Crippen LogP contribution is -2.39. The lowest BCUT2D eigenvalue weighted by molar-refractivity contribution is -0.137. The van der Waals surface area contributed by atoms with Crippen molar-refractivity contribution in [3.05, 3.63) is 48.0 Å². The maximum atomic E-state index is 12.5. The highest BCUT2D eigenvalue weighted by Crippen LogP contribution is 2.26. The lowest BCUT2D eigenvalue weighted by Gasteiger charge is -2.32. The predicted octanol–water partition coefficient (Wildman–Crippen LogP) is 1.38. The summed E-state index contributed by atoms with van der Waals surface area (Å²) in [5, 5.41) is 13.1. The van der Waals surface area contributed by atoms with E-state index in [1.807, 2.05) is 11.0 Å². The Hall–Kier alpha value is -2.70. The molecule has 0 spiro atoms. The first-order valence-electron chi connectivity index (χ1n) is 7.58. The molecule has 120 valence electrons. The molecule has 7 nitrogen and oxygen atoms in total. The molecule has 2 aromatic rings. The first kappa shape index (κ1) is 15.2. The average Bonchev–Trinajstić information content (AvgIpc) is 3.03. The third-order valence-corrected chi connectivity index (χ3v) is 4.01. The fourth-order valence-corrected chi connectivity index (χ4v) is 2.90. The van der Waals surface area contributed by atoms with Crippen molar-refractivity contribution in [1.82, 2.24) is 19.7 Å². The average molecular weight is 314 g/mol. The molecule has 0 bridgehead atoms. The molecule has 3 heterocycles. The Bertz CT molecular complexity index is 698. The minimum Gasteiger partial charge on any atom is -0.480 e. The largest absolute Gasteiger partial charge is 0.480 e. The van der Waals surface area contributed by atoms with Crippen molar-refractivity contribution in [2.75, 3.05) is 13.1 Å². The number of carboxylic acids is 1. The Kier molecular flexibility index (Phi) is 4.36. The number of hydrogen-bond acceptors (Lipinski definition) is 4. The van der Waals surface area contributed by atoms with Crippen molar-refractivity contribution in [3.8, 4) is 0 Å². The van der Waals surface area contributed by atoms with Gasteiger partial charge in [0.15, 0.2) is 0 Å². The van der Waals surface area contributed by atoms with Crippen LogP contribution in [0.25, 0.3) is 0 Å². The predicted molar refractivity (Wildman–Crippen MR) is 82.0 cm³/mol. The van der Waals surface area contributed by atoms with Crippen molar-refractivity contribution in [2.24, 2.45) is 0 Å². The van der Waals surface area contributed by atoms with Gasteiger partial charge < -0.3 is 10.0 Å². The summed E-state index contributed by atoms with van der Waals surface area (Å²) in [5.41, 5.74) is 1.48. The molecular weight excluding hydrogens is 296 g/mol. The molecule has 1 atom stereocenters. The summed E-state index contributed by atoms with van der Waals surface area (Å²) in [6.07, 6.45) is 6.76. The Morgan fingerprint density at radius 1 is 1.26 bits per heavy atom. The first-order chi connectivity index (χ1) is 11.1. The number of carboxylic acid groups (broad SMARTS) is 1. The van der Waals surface area contributed by atoms with Crippen molar-refractivity contribution in [2.45, 2.75) is 25.3 Å². The van der Waals surface area contributed by atoms with Gasteiger partial charge in [0, 0.05) is 43.2 Å². The summed E-state index contributed by atoms with van der Waals surface area (Å²) in [4.78, 5) is 29.0. The molecule has 1 saturated heterocycles. The van der Waals surface area contributed by atoms with Gasteiger partial charge in [0.2, 0.25) is 0 Å². The quantitative estimate of drug-likeness (QED) is 0.921. The van der Waals surface area contributed by atoms with Crippen LogP contribution in [0.3, 0.4) is 0 Å². The lowest BCUT2D eigenvalue weighted by atomic mass is 9.94. The van der Waals surface area contributed by atoms with E-state index in [1.54, 1.807) is 30.7 Å². The van der Waals surface area contributed by atoms with Crippen molar-refractivity contribution < 1.29 is 14.7 Å². The van der Waals surface area contributed by atoms with Crippen LogP contribution in [0.2, 0.25) is 0 Å². The monoisotopic (exact) mass is 314 g/mol. The molecule has 1 aliphatic rings. The highest BCUT2D eigenvalue weighted by molar-refractivity contribution is 5.94. The van der Waals surface area contributed by atoms with Gasteiger partial charge >= 0.3 is 5.97 Å². The molecule has 7 heteroatoms. The van der Waals surface area contributed by atoms with E-state index < -0.39 is 5.97 Å². The summed E-state index contributed by atoms with van der Waals surface area (Å²) < 4.78 is 1.42. The van der Waals surface area contributed by atoms with Crippen molar-refractivity contribution >= 4 is 11.9 Å². The van der Waals surface area contributed by atoms with Crippen LogP contribution in [-0.2, 0) is 11.3 Å². The molecule has 1 amide bonds. The topological polar surface area (TPSA) is 88.3 Å². The number of aliphatic carboxylic acids is 1. The fraction of sp³-hybridized carbons (Fsp3) is 0.375. The van der Waals surface area contributed by atoms with Crippen LogP contribution < -0.4 is 0 Å². The molecule has 3 rings (SSSR count). The van der Waals surface area contributed by atoms with E-state index in [-0.39, 0.29) is 18.4 Å². The summed E-state index contributed by atoms with van der Waals surface area (Å²) in [6.45, 7) is 1.19. The molecule has 0 aliphatic carbocycles. The SMILES string of the molecule is O=C(O)Cn1ccc([C@H]2CCCN(C(=O)c3ccncc3)C2)n1. The maximum Gasteiger partial charge on any atom is 0.325 e. The smallest absolute Gasteiger partial charge is 0.325 e. The van der Waals surface area contributed by atoms with Crippen LogP contribution in [0.4, 0.5) is 0 Å². The van der Waals surface area contributed by atoms with Gasteiger partial charge in [-0.2, -0.15) is 5.10 Å². The van der Waals surface area contributed by atoms with E-state index in [2.05, 4.69) is 10.1 Å². The van der Waals surface area contributed by atoms with E-state index in [0.717, 1.165) is 25.1 Å². The van der Waals surface area contributed by atoms with Crippen LogP contribution in [0.15, 0.2) is 36.8 Å². The normalized spacial score (nSPS) is 17.9. The number of hydrogen-bond donors (Lipinski definition) is 1. The molecule has 1 fully saturated rings. The number of nitrogens with zero attached hydrogens (tertiary/aromatic N) is 4. The Balaban J connectivity index is 1.69. The number of aromatic nitrogens is 3. The Morgan fingerprint density at radius 3 is 2.78 bits per heavy atom. The van der Waals surface area contributed by atoms with Gasteiger partial charge in [-0.15, -0.1) is 0 Å². The van der Waals surface area contributed by atoms with Gasteiger partial charge in [-0.25, -0.2) is 0 Å². The molecular formula is C16H18N4O3. The van der Waals surface area contributed by atoms with Crippen molar-refractivity contribution in [1.29, 1.82) is 0 Å². The molecule has 2 aromatic heterocycles. The number of carbonyl (C=O) groups excluding carboxylic acids is 1. The second-order valence-electron chi connectivity index (χ2n) is 5.66. The fourth-order valence-electron chi connectivity index (χ4n) is 2.90. The zero-order valence-electron chi connectivity index (χ0n) is 12.6. The van der Waals surface area contributed by atoms with E-state index in [4.69, 9.17) is 5.11 Å². The number of rotatable bonds is 4. The maximum absolute atomic E-state index is 12.5. The molecule has 0 unspecified atom stereocenters. The number of amides is 1. The number of likely N-dealkylation sites (tertiary alicyclic amines) is 1. The number of pyridine rings is 1. The number of carbonyl (C=O) groups is 2. The zero-order valence-corrected chi connectivity index (χ0v) is 12.6. The van der Waals surface area contributed by atoms with Gasteiger partial charge in [0.1, 0.15) is 6.54 Å². The molecule has 1 aliphatic heterocycles. The van der Waals surface area contributed by atoms with Gasteiger partial charge in [0.05, 0.1) is 5.69 Å². The molecule has 23 heavy (non-hydrogen) atoms. The third-order valence-electron chi connectivity index (χ3n) is 4.01. The van der Waals surface area contributed by atoms with Gasteiger partial charge in [-0.05, 0) is 31.0 Å². The minimum absolute atomic E-state index is 0.00192. The summed E-state index contributed by atoms with van der Waals surface area (Å²) >= 11 is 0. The highest BCUT2D eigenvalue weighted by Gasteiger charge is 2.26. The summed E-state index contributed by atoms with van der Waals surface area (Å²) in [6, 6.07) is 5.27. The van der Waals surface area contributed by atoms with E-state index >= 15 is 0 Å². The molecule has 1 N–H and O–H groups in total. The molecule has 0 saturated carbocycles. The highest BCUT2D eigenvalue weighted by atomic mass is 16.4. The number of piperidine rings is 1. The van der Waals surface area contributed by atoms with E-state index in [0.29, 0.717) is 12.1 Å². The van der Waals surface area contributed by atoms with E-state index in [9.17, 15) is 9.59 Å². The summed E-state index contributed by atoms with van der Waals surface area (Å²) in [7, 11) is 0. The van der Waals surface area contributed by atoms with Gasteiger partial charge in [-0.3, -0.25) is 19.3 Å². The van der Waals surface area contributed by atoms with Crippen LogP contribution in [0, 0.1) is 0 Å². The first-order valence-corrected chi connectivity index (χ1v) is 7.58. The van der Waals surface area contributed by atoms with Crippen LogP contribution >= 0.6 is 0 Å². The second-order valence-corrected chi connectivity index (χ2v) is 5.66. The molecule has 0 aromatic carbocycles. The minimum atomic E-state index is -0.919. The standard InChI is InChI=1S/C16H18N4O3/c21-15(22)11-20-9-5-14(18-20)13-2-1-8-19(10-13)16(23)12-3-6-17-7-4-12/h3-7,9,13H,1-2,8,10-11H2,(H,21,22)/t13-/m0/s1. The van der Waals surface area contributed by atoms with Crippen molar-refractivity contribution in [3.63, 3.8) is 0 Å². The Labute approximate surface area is 133 Å². The summed E-state index contributed by atoms with van der Waals surface area (Å²) in [5.74, 6) is -0.774. The van der Waals surface area contributed by atoms with Crippen LogP contribution in [0.1, 0.15) is 34.8 Å². The Morgan fingerprint density at radius 2 is 2.04 bits per heavy atom. The van der Waals surface area contributed by atoms with Crippen LogP contribution in [0.5, 0.6) is 0 Å². The molecule has 0 radical (unpaired) electrons. The zero-order chi connectivity index (χ0) is 16.2. The van der Waals surface area contributed by atoms with Gasteiger partial charge in [-0.1, -0.05) is 0 Å². The second kappa shape index (κ2) is 6.60. The van der Waals surface area contributed by atoms with Gasteiger partial charge in [0.25, 0.3) is 5.91 Å². The third kappa shape index (κ3) is 3.56. The van der Waals surface area contributed by atoms with E-state index in [1.165, 1.54) is 4.68 Å².